The number of nitrogens with zero attached hydrogens (tertiary/aromatic N) is 1. The van der Waals surface area contributed by atoms with Gasteiger partial charge in [-0.05, 0) is 42.6 Å². The molecule has 0 aliphatic rings. The molecule has 0 saturated heterocycles. The standard InChI is InChI=1S/C14H15FN2S/c1-16-14(11-7-12(15)9-17-8-11)10-3-5-13(18-2)6-4-10/h3-9,14,16H,1-2H3. The summed E-state index contributed by atoms with van der Waals surface area (Å²) in [4.78, 5) is 5.11. The Hall–Kier alpha value is -1.39. The number of rotatable bonds is 4. The van der Waals surface area contributed by atoms with Crippen molar-refractivity contribution in [3.63, 3.8) is 0 Å². The third-order valence-electron chi connectivity index (χ3n) is 2.80. The van der Waals surface area contributed by atoms with Gasteiger partial charge < -0.3 is 5.32 Å². The highest BCUT2D eigenvalue weighted by atomic mass is 32.2. The Morgan fingerprint density at radius 2 is 1.89 bits per heavy atom. The third kappa shape index (κ3) is 2.89. The number of benzene rings is 1. The van der Waals surface area contributed by atoms with Crippen molar-refractivity contribution in [2.75, 3.05) is 13.3 Å². The summed E-state index contributed by atoms with van der Waals surface area (Å²) in [5, 5.41) is 3.19. The second kappa shape index (κ2) is 5.98. The number of pyridine rings is 1. The van der Waals surface area contributed by atoms with E-state index in [0.717, 1.165) is 11.1 Å². The van der Waals surface area contributed by atoms with E-state index in [2.05, 4.69) is 34.6 Å². The molecule has 0 amide bonds. The third-order valence-corrected chi connectivity index (χ3v) is 3.54. The molecule has 4 heteroatoms. The lowest BCUT2D eigenvalue weighted by molar-refractivity contribution is 0.608. The van der Waals surface area contributed by atoms with E-state index in [9.17, 15) is 4.39 Å². The normalized spacial score (nSPS) is 12.4. The van der Waals surface area contributed by atoms with Crippen LogP contribution in [0.15, 0.2) is 47.6 Å². The molecule has 0 radical (unpaired) electrons. The first-order valence-electron chi connectivity index (χ1n) is 5.66. The number of thioether (sulfide) groups is 1. The van der Waals surface area contributed by atoms with Crippen LogP contribution >= 0.6 is 11.8 Å². The van der Waals surface area contributed by atoms with Gasteiger partial charge in [-0.15, -0.1) is 11.8 Å². The quantitative estimate of drug-likeness (QED) is 0.856. The number of hydrogen-bond donors (Lipinski definition) is 1. The van der Waals surface area contributed by atoms with Crippen molar-refractivity contribution in [3.8, 4) is 0 Å². The molecular weight excluding hydrogens is 247 g/mol. The van der Waals surface area contributed by atoms with E-state index in [4.69, 9.17) is 0 Å². The Morgan fingerprint density at radius 3 is 2.44 bits per heavy atom. The Labute approximate surface area is 111 Å². The van der Waals surface area contributed by atoms with Gasteiger partial charge in [-0.2, -0.15) is 0 Å². The maximum Gasteiger partial charge on any atom is 0.141 e. The van der Waals surface area contributed by atoms with Crippen LogP contribution in [0.25, 0.3) is 0 Å². The second-order valence-electron chi connectivity index (χ2n) is 3.93. The zero-order valence-electron chi connectivity index (χ0n) is 10.4. The van der Waals surface area contributed by atoms with E-state index in [-0.39, 0.29) is 11.9 Å². The second-order valence-corrected chi connectivity index (χ2v) is 4.81. The van der Waals surface area contributed by atoms with Gasteiger partial charge in [-0.3, -0.25) is 4.98 Å². The van der Waals surface area contributed by atoms with Crippen molar-refractivity contribution in [2.24, 2.45) is 0 Å². The molecule has 1 aromatic heterocycles. The zero-order chi connectivity index (χ0) is 13.0. The summed E-state index contributed by atoms with van der Waals surface area (Å²) in [6.45, 7) is 0. The van der Waals surface area contributed by atoms with Crippen LogP contribution in [-0.2, 0) is 0 Å². The summed E-state index contributed by atoms with van der Waals surface area (Å²) < 4.78 is 13.2. The molecular formula is C14H15FN2S. The summed E-state index contributed by atoms with van der Waals surface area (Å²) in [6.07, 6.45) is 4.95. The fraction of sp³-hybridized carbons (Fsp3) is 0.214. The fourth-order valence-electron chi connectivity index (χ4n) is 1.91. The van der Waals surface area contributed by atoms with E-state index >= 15 is 0 Å². The first-order chi connectivity index (χ1) is 8.74. The van der Waals surface area contributed by atoms with Crippen LogP contribution in [0, 0.1) is 5.82 Å². The molecule has 1 heterocycles. The average molecular weight is 262 g/mol. The molecule has 1 atom stereocenters. The zero-order valence-corrected chi connectivity index (χ0v) is 11.2. The van der Waals surface area contributed by atoms with Crippen molar-refractivity contribution in [2.45, 2.75) is 10.9 Å². The first-order valence-corrected chi connectivity index (χ1v) is 6.88. The molecule has 0 bridgehead atoms. The van der Waals surface area contributed by atoms with Gasteiger partial charge in [0.15, 0.2) is 0 Å². The van der Waals surface area contributed by atoms with Crippen LogP contribution in [0.4, 0.5) is 4.39 Å². The Balaban J connectivity index is 2.32. The predicted octanol–water partition coefficient (Wildman–Crippen LogP) is 3.25. The van der Waals surface area contributed by atoms with Crippen LogP contribution in [0.1, 0.15) is 17.2 Å². The van der Waals surface area contributed by atoms with Crippen molar-refractivity contribution in [3.05, 3.63) is 59.7 Å². The summed E-state index contributed by atoms with van der Waals surface area (Å²) in [5.74, 6) is -0.312. The predicted molar refractivity (Wildman–Crippen MR) is 73.3 cm³/mol. The monoisotopic (exact) mass is 262 g/mol. The Bertz CT molecular complexity index is 513. The smallest absolute Gasteiger partial charge is 0.141 e. The molecule has 0 fully saturated rings. The number of hydrogen-bond acceptors (Lipinski definition) is 3. The van der Waals surface area contributed by atoms with Gasteiger partial charge in [-0.1, -0.05) is 12.1 Å². The minimum atomic E-state index is -0.312. The van der Waals surface area contributed by atoms with E-state index in [1.54, 1.807) is 18.0 Å². The molecule has 2 rings (SSSR count). The first kappa shape index (κ1) is 13.1. The van der Waals surface area contributed by atoms with Gasteiger partial charge in [0.1, 0.15) is 5.82 Å². The molecule has 1 N–H and O–H groups in total. The Morgan fingerprint density at radius 1 is 1.17 bits per heavy atom. The molecule has 18 heavy (non-hydrogen) atoms. The van der Waals surface area contributed by atoms with Crippen molar-refractivity contribution in [1.29, 1.82) is 0 Å². The van der Waals surface area contributed by atoms with Gasteiger partial charge in [-0.25, -0.2) is 4.39 Å². The Kier molecular flexibility index (Phi) is 4.33. The summed E-state index contributed by atoms with van der Waals surface area (Å²) >= 11 is 1.70. The number of halogens is 1. The highest BCUT2D eigenvalue weighted by molar-refractivity contribution is 7.98. The van der Waals surface area contributed by atoms with Crippen molar-refractivity contribution < 1.29 is 4.39 Å². The van der Waals surface area contributed by atoms with Gasteiger partial charge in [0.05, 0.1) is 12.2 Å². The molecule has 0 saturated carbocycles. The van der Waals surface area contributed by atoms with Crippen molar-refractivity contribution >= 4 is 11.8 Å². The van der Waals surface area contributed by atoms with Crippen molar-refractivity contribution in [1.82, 2.24) is 10.3 Å². The van der Waals surface area contributed by atoms with Gasteiger partial charge >= 0.3 is 0 Å². The van der Waals surface area contributed by atoms with Crippen LogP contribution < -0.4 is 5.32 Å². The maximum absolute atomic E-state index is 13.2. The number of nitrogens with one attached hydrogen (secondary N) is 1. The molecule has 0 aliphatic carbocycles. The summed E-state index contributed by atoms with van der Waals surface area (Å²) in [7, 11) is 1.86. The topological polar surface area (TPSA) is 24.9 Å². The van der Waals surface area contributed by atoms with E-state index in [1.807, 2.05) is 13.3 Å². The highest BCUT2D eigenvalue weighted by Gasteiger charge is 2.12. The van der Waals surface area contributed by atoms with E-state index < -0.39 is 0 Å². The SMILES string of the molecule is CNC(c1ccc(SC)cc1)c1cncc(F)c1. The van der Waals surface area contributed by atoms with Gasteiger partial charge in [0.2, 0.25) is 0 Å². The lowest BCUT2D eigenvalue weighted by Gasteiger charge is -2.17. The van der Waals surface area contributed by atoms with Gasteiger partial charge in [0.25, 0.3) is 0 Å². The summed E-state index contributed by atoms with van der Waals surface area (Å²) in [5.41, 5.74) is 1.93. The molecule has 0 aliphatic heterocycles. The van der Waals surface area contributed by atoms with Crippen LogP contribution in [0.2, 0.25) is 0 Å². The molecule has 0 spiro atoms. The lowest BCUT2D eigenvalue weighted by Crippen LogP contribution is -2.17. The molecule has 1 unspecified atom stereocenters. The molecule has 1 aromatic carbocycles. The lowest BCUT2D eigenvalue weighted by atomic mass is 10.0. The van der Waals surface area contributed by atoms with E-state index in [1.165, 1.54) is 17.2 Å². The molecule has 94 valence electrons. The molecule has 2 aromatic rings. The molecule has 2 nitrogen and oxygen atoms in total. The fourth-order valence-corrected chi connectivity index (χ4v) is 2.32. The van der Waals surface area contributed by atoms with Crippen LogP contribution in [0.3, 0.4) is 0 Å². The number of aromatic nitrogens is 1. The minimum absolute atomic E-state index is 0.0379. The van der Waals surface area contributed by atoms with Crippen LogP contribution in [0.5, 0.6) is 0 Å². The largest absolute Gasteiger partial charge is 0.309 e. The van der Waals surface area contributed by atoms with Gasteiger partial charge in [0, 0.05) is 11.1 Å². The average Bonchev–Trinajstić information content (AvgIpc) is 2.40. The maximum atomic E-state index is 13.2. The van der Waals surface area contributed by atoms with Crippen LogP contribution in [-0.4, -0.2) is 18.3 Å². The van der Waals surface area contributed by atoms with E-state index in [0.29, 0.717) is 0 Å². The summed E-state index contributed by atoms with van der Waals surface area (Å²) in [6, 6.07) is 9.71. The highest BCUT2D eigenvalue weighted by Crippen LogP contribution is 2.24. The minimum Gasteiger partial charge on any atom is -0.309 e.